The Morgan fingerprint density at radius 1 is 0.949 bits per heavy atom. The number of amides is 2. The molecule has 4 aromatic rings. The topological polar surface area (TPSA) is 85.0 Å². The highest BCUT2D eigenvalue weighted by Crippen LogP contribution is 2.37. The number of nitrogens with zero attached hydrogens (tertiary/aromatic N) is 2. The number of aryl methyl sites for hydroxylation is 1. The van der Waals surface area contributed by atoms with Gasteiger partial charge in [0.25, 0.3) is 0 Å². The molecule has 2 amide bonds. The van der Waals surface area contributed by atoms with Crippen LogP contribution in [0.1, 0.15) is 24.0 Å². The van der Waals surface area contributed by atoms with Gasteiger partial charge in [-0.2, -0.15) is 0 Å². The van der Waals surface area contributed by atoms with Crippen LogP contribution in [0.3, 0.4) is 0 Å². The Kier molecular flexibility index (Phi) is 8.13. The highest BCUT2D eigenvalue weighted by atomic mass is 16.5. The third-order valence-electron chi connectivity index (χ3n) is 7.05. The number of nitrogens with one attached hydrogen (secondary N) is 2. The van der Waals surface area contributed by atoms with E-state index in [9.17, 15) is 4.79 Å². The largest absolute Gasteiger partial charge is 0.493 e. The maximum atomic E-state index is 12.7. The molecule has 0 atom stereocenters. The summed E-state index contributed by atoms with van der Waals surface area (Å²) in [6.07, 6.45) is 3.56. The molecule has 0 aliphatic carbocycles. The zero-order valence-electron chi connectivity index (χ0n) is 22.6. The van der Waals surface area contributed by atoms with E-state index >= 15 is 0 Å². The van der Waals surface area contributed by atoms with E-state index in [4.69, 9.17) is 14.2 Å². The van der Waals surface area contributed by atoms with Crippen molar-refractivity contribution in [1.29, 1.82) is 0 Å². The van der Waals surface area contributed by atoms with Gasteiger partial charge in [-0.25, -0.2) is 4.79 Å². The van der Waals surface area contributed by atoms with Crippen LogP contribution in [0.4, 0.5) is 10.5 Å². The molecular weight excluding hydrogens is 492 g/mol. The van der Waals surface area contributed by atoms with Crippen LogP contribution < -0.4 is 24.8 Å². The van der Waals surface area contributed by atoms with Crippen LogP contribution >= 0.6 is 0 Å². The number of urea groups is 1. The molecule has 0 radical (unpaired) electrons. The number of carbonyl (C=O) groups is 1. The molecule has 8 nitrogen and oxygen atoms in total. The summed E-state index contributed by atoms with van der Waals surface area (Å²) in [6.45, 7) is 4.83. The zero-order chi connectivity index (χ0) is 27.2. The average molecular weight is 527 g/mol. The molecular formula is C31H34N4O4. The van der Waals surface area contributed by atoms with E-state index in [1.165, 1.54) is 5.56 Å². The van der Waals surface area contributed by atoms with Gasteiger partial charge in [0.05, 0.1) is 19.7 Å². The number of likely N-dealkylation sites (tertiary alicyclic amines) is 1. The van der Waals surface area contributed by atoms with Crippen LogP contribution in [0, 0.1) is 6.92 Å². The van der Waals surface area contributed by atoms with Crippen LogP contribution in [0.5, 0.6) is 23.0 Å². The quantitative estimate of drug-likeness (QED) is 0.287. The SMILES string of the molecule is COc1cc2nccc(Oc3ccc(NC(=O)NC4CCN(Cc5ccccc5)CC4)c(C)c3)c2cc1OC. The van der Waals surface area contributed by atoms with Gasteiger partial charge in [0.15, 0.2) is 11.5 Å². The van der Waals surface area contributed by atoms with E-state index in [-0.39, 0.29) is 12.1 Å². The fraction of sp³-hybridized carbons (Fsp3) is 0.290. The van der Waals surface area contributed by atoms with Crippen LogP contribution in [-0.4, -0.2) is 49.3 Å². The summed E-state index contributed by atoms with van der Waals surface area (Å²) in [4.78, 5) is 19.6. The van der Waals surface area contributed by atoms with Crippen molar-refractivity contribution in [2.24, 2.45) is 0 Å². The number of pyridine rings is 1. The molecule has 2 heterocycles. The standard InChI is InChI=1S/C31H34N4O4/c1-21-17-24(39-28-11-14-32-27-19-30(38-3)29(37-2)18-25(27)28)9-10-26(21)34-31(36)33-23-12-15-35(16-13-23)20-22-7-5-4-6-8-22/h4-11,14,17-19,23H,12-13,15-16,20H2,1-3H3,(H2,33,34,36). The molecule has 1 saturated heterocycles. The van der Waals surface area contributed by atoms with Crippen molar-refractivity contribution in [3.63, 3.8) is 0 Å². The highest BCUT2D eigenvalue weighted by molar-refractivity contribution is 5.90. The lowest BCUT2D eigenvalue weighted by atomic mass is 10.0. The van der Waals surface area contributed by atoms with Gasteiger partial charge in [0, 0.05) is 49.0 Å². The third-order valence-corrected chi connectivity index (χ3v) is 7.05. The van der Waals surface area contributed by atoms with Crippen molar-refractivity contribution < 1.29 is 19.0 Å². The van der Waals surface area contributed by atoms with Crippen molar-refractivity contribution in [3.05, 3.63) is 84.1 Å². The molecule has 1 fully saturated rings. The monoisotopic (exact) mass is 526 g/mol. The Labute approximate surface area is 228 Å². The summed E-state index contributed by atoms with van der Waals surface area (Å²) in [5.41, 5.74) is 3.70. The molecule has 1 aromatic heterocycles. The van der Waals surface area contributed by atoms with Gasteiger partial charge in [0.1, 0.15) is 11.5 Å². The molecule has 8 heteroatoms. The smallest absolute Gasteiger partial charge is 0.319 e. The van der Waals surface area contributed by atoms with Crippen molar-refractivity contribution in [2.45, 2.75) is 32.4 Å². The fourth-order valence-corrected chi connectivity index (χ4v) is 4.92. The van der Waals surface area contributed by atoms with E-state index in [1.54, 1.807) is 20.4 Å². The van der Waals surface area contributed by atoms with Gasteiger partial charge in [-0.3, -0.25) is 9.88 Å². The molecule has 0 unspecified atom stereocenters. The minimum Gasteiger partial charge on any atom is -0.493 e. The molecule has 5 rings (SSSR count). The lowest BCUT2D eigenvalue weighted by Gasteiger charge is -2.32. The number of anilines is 1. The zero-order valence-corrected chi connectivity index (χ0v) is 22.6. The Hall–Kier alpha value is -4.30. The molecule has 39 heavy (non-hydrogen) atoms. The second-order valence-corrected chi connectivity index (χ2v) is 9.75. The molecule has 2 N–H and O–H groups in total. The number of carbonyl (C=O) groups excluding carboxylic acids is 1. The van der Waals surface area contributed by atoms with Gasteiger partial charge in [0.2, 0.25) is 0 Å². The van der Waals surface area contributed by atoms with E-state index < -0.39 is 0 Å². The van der Waals surface area contributed by atoms with E-state index in [2.05, 4.69) is 44.8 Å². The molecule has 0 spiro atoms. The number of ether oxygens (including phenoxy) is 3. The Balaban J connectivity index is 1.18. The van der Waals surface area contributed by atoms with Crippen molar-refractivity contribution in [1.82, 2.24) is 15.2 Å². The van der Waals surface area contributed by atoms with Crippen LogP contribution in [-0.2, 0) is 6.54 Å². The molecule has 202 valence electrons. The molecule has 1 aliphatic rings. The molecule has 3 aromatic carbocycles. The summed E-state index contributed by atoms with van der Waals surface area (Å²) in [5.74, 6) is 2.52. The van der Waals surface area contributed by atoms with Crippen molar-refractivity contribution >= 4 is 22.6 Å². The fourth-order valence-electron chi connectivity index (χ4n) is 4.92. The van der Waals surface area contributed by atoms with Gasteiger partial charge < -0.3 is 24.8 Å². The first kappa shape index (κ1) is 26.3. The van der Waals surface area contributed by atoms with Crippen LogP contribution in [0.15, 0.2) is 72.9 Å². The number of hydrogen-bond acceptors (Lipinski definition) is 6. The van der Waals surface area contributed by atoms with Crippen LogP contribution in [0.2, 0.25) is 0 Å². The van der Waals surface area contributed by atoms with Gasteiger partial charge >= 0.3 is 6.03 Å². The molecule has 1 aliphatic heterocycles. The summed E-state index contributed by atoms with van der Waals surface area (Å²) < 4.78 is 17.0. The number of fused-ring (bicyclic) bond motifs is 1. The summed E-state index contributed by atoms with van der Waals surface area (Å²) in [7, 11) is 3.19. The van der Waals surface area contributed by atoms with E-state index in [0.29, 0.717) is 23.0 Å². The summed E-state index contributed by atoms with van der Waals surface area (Å²) in [6, 6.07) is 21.6. The lowest BCUT2D eigenvalue weighted by molar-refractivity contribution is 0.190. The first-order chi connectivity index (χ1) is 19.0. The normalized spacial score (nSPS) is 14.1. The van der Waals surface area contributed by atoms with Gasteiger partial charge in [-0.05, 0) is 61.2 Å². The predicted molar refractivity (Wildman–Crippen MR) is 153 cm³/mol. The molecule has 0 bridgehead atoms. The predicted octanol–water partition coefficient (Wildman–Crippen LogP) is 6.14. The number of aromatic nitrogens is 1. The Morgan fingerprint density at radius 3 is 2.41 bits per heavy atom. The van der Waals surface area contributed by atoms with E-state index in [1.807, 2.05) is 49.4 Å². The summed E-state index contributed by atoms with van der Waals surface area (Å²) >= 11 is 0. The minimum atomic E-state index is -0.186. The van der Waals surface area contributed by atoms with Crippen molar-refractivity contribution in [3.8, 4) is 23.0 Å². The average Bonchev–Trinajstić information content (AvgIpc) is 2.95. The first-order valence-electron chi connectivity index (χ1n) is 13.2. The maximum Gasteiger partial charge on any atom is 0.319 e. The first-order valence-corrected chi connectivity index (χ1v) is 13.2. The number of benzene rings is 3. The minimum absolute atomic E-state index is 0.163. The van der Waals surface area contributed by atoms with Gasteiger partial charge in [-0.1, -0.05) is 30.3 Å². The van der Waals surface area contributed by atoms with E-state index in [0.717, 1.165) is 54.6 Å². The second-order valence-electron chi connectivity index (χ2n) is 9.75. The third kappa shape index (κ3) is 6.41. The number of methoxy groups -OCH3 is 2. The van der Waals surface area contributed by atoms with Gasteiger partial charge in [-0.15, -0.1) is 0 Å². The number of rotatable bonds is 8. The van der Waals surface area contributed by atoms with Crippen LogP contribution in [0.25, 0.3) is 10.9 Å². The molecule has 0 saturated carbocycles. The second kappa shape index (κ2) is 12.0. The summed E-state index contributed by atoms with van der Waals surface area (Å²) in [5, 5.41) is 6.94. The number of piperidine rings is 1. The Bertz CT molecular complexity index is 1440. The van der Waals surface area contributed by atoms with Crippen molar-refractivity contribution in [2.75, 3.05) is 32.6 Å². The Morgan fingerprint density at radius 2 is 1.69 bits per heavy atom. The maximum absolute atomic E-state index is 12.7. The highest BCUT2D eigenvalue weighted by Gasteiger charge is 2.21. The number of hydrogen-bond donors (Lipinski definition) is 2. The lowest BCUT2D eigenvalue weighted by Crippen LogP contribution is -2.45.